The number of unbranched alkanes of at least 4 members (excludes halogenated alkanes) is 1. The van der Waals surface area contributed by atoms with Crippen LogP contribution < -0.4 is 4.90 Å². The summed E-state index contributed by atoms with van der Waals surface area (Å²) in [6.07, 6.45) is 5.76. The fourth-order valence-electron chi connectivity index (χ4n) is 4.53. The number of nitrogens with zero attached hydrogens (tertiary/aromatic N) is 1. The van der Waals surface area contributed by atoms with Crippen LogP contribution in [0.4, 0.5) is 5.69 Å². The van der Waals surface area contributed by atoms with Gasteiger partial charge in [0.05, 0.1) is 12.7 Å². The van der Waals surface area contributed by atoms with Crippen molar-refractivity contribution in [2.75, 3.05) is 24.7 Å². The van der Waals surface area contributed by atoms with Gasteiger partial charge in [-0.15, -0.1) is 0 Å². The highest BCUT2D eigenvalue weighted by atomic mass is 16.6. The van der Waals surface area contributed by atoms with Gasteiger partial charge in [-0.05, 0) is 49.8 Å². The zero-order chi connectivity index (χ0) is 21.6. The van der Waals surface area contributed by atoms with Gasteiger partial charge in [-0.2, -0.15) is 0 Å². The van der Waals surface area contributed by atoms with Crippen LogP contribution >= 0.6 is 0 Å². The summed E-state index contributed by atoms with van der Waals surface area (Å²) in [5.41, 5.74) is 1.62. The normalized spacial score (nSPS) is 21.5. The molecule has 1 aliphatic carbocycles. The molecule has 0 radical (unpaired) electrons. The van der Waals surface area contributed by atoms with E-state index in [1.54, 1.807) is 4.90 Å². The molecule has 1 heterocycles. The van der Waals surface area contributed by atoms with Gasteiger partial charge in [0, 0.05) is 24.1 Å². The predicted molar refractivity (Wildman–Crippen MR) is 112 cm³/mol. The fourth-order valence-corrected chi connectivity index (χ4v) is 4.53. The number of hydrogen-bond acceptors (Lipinski definition) is 5. The van der Waals surface area contributed by atoms with Crippen LogP contribution in [0.1, 0.15) is 70.0 Å². The third-order valence-corrected chi connectivity index (χ3v) is 6.31. The van der Waals surface area contributed by atoms with Crippen LogP contribution in [0.3, 0.4) is 0 Å². The molecule has 30 heavy (non-hydrogen) atoms. The first-order valence-corrected chi connectivity index (χ1v) is 11.0. The number of carbonyl (C=O) groups is 2. The molecule has 0 bridgehead atoms. The molecule has 2 aliphatic rings. The molecule has 1 saturated heterocycles. The topological polar surface area (TPSA) is 96.3 Å². The molecular weight excluding hydrogens is 386 g/mol. The standard InChI is InChI=1S/C23H33NO6/c1-2-11-23(12-5-13-23)22(28)17-7-9-18(10-8-17)24-19(25)15-30-20(24)16-29-14-4-3-6-21(26)27/h7-10,20,22,28H,2-6,11-16H2,1H3,(H,26,27). The molecule has 2 unspecified atom stereocenters. The lowest BCUT2D eigenvalue weighted by Gasteiger charge is -2.46. The minimum absolute atomic E-state index is 0.000143. The molecule has 0 spiro atoms. The number of hydrogen-bond donors (Lipinski definition) is 2. The lowest BCUT2D eigenvalue weighted by Crippen LogP contribution is -2.37. The third-order valence-electron chi connectivity index (χ3n) is 6.31. The van der Waals surface area contributed by atoms with Gasteiger partial charge in [-0.3, -0.25) is 14.5 Å². The smallest absolute Gasteiger partial charge is 0.303 e. The number of benzene rings is 1. The lowest BCUT2D eigenvalue weighted by molar-refractivity contribution is -0.137. The van der Waals surface area contributed by atoms with Crippen molar-refractivity contribution in [1.82, 2.24) is 0 Å². The van der Waals surface area contributed by atoms with Crippen molar-refractivity contribution in [3.63, 3.8) is 0 Å². The number of aliphatic hydroxyl groups excluding tert-OH is 1. The zero-order valence-electron chi connectivity index (χ0n) is 17.7. The highest BCUT2D eigenvalue weighted by Gasteiger charge is 2.43. The zero-order valence-corrected chi connectivity index (χ0v) is 17.7. The number of carboxylic acid groups (broad SMARTS) is 1. The Labute approximate surface area is 178 Å². The van der Waals surface area contributed by atoms with E-state index in [4.69, 9.17) is 14.6 Å². The summed E-state index contributed by atoms with van der Waals surface area (Å²) in [5.74, 6) is -0.929. The predicted octanol–water partition coefficient (Wildman–Crippen LogP) is 3.65. The molecule has 166 valence electrons. The van der Waals surface area contributed by atoms with Gasteiger partial charge < -0.3 is 19.7 Å². The molecule has 0 aromatic heterocycles. The first kappa shape index (κ1) is 22.7. The Kier molecular flexibility index (Phi) is 7.86. The van der Waals surface area contributed by atoms with Crippen molar-refractivity contribution in [3.8, 4) is 0 Å². The van der Waals surface area contributed by atoms with Crippen molar-refractivity contribution in [1.29, 1.82) is 0 Å². The van der Waals surface area contributed by atoms with Gasteiger partial charge >= 0.3 is 5.97 Å². The summed E-state index contributed by atoms with van der Waals surface area (Å²) in [6, 6.07) is 7.54. The molecule has 2 N–H and O–H groups in total. The van der Waals surface area contributed by atoms with Crippen LogP contribution in [0.25, 0.3) is 0 Å². The van der Waals surface area contributed by atoms with Gasteiger partial charge in [0.2, 0.25) is 0 Å². The molecular formula is C23H33NO6. The minimum Gasteiger partial charge on any atom is -0.481 e. The largest absolute Gasteiger partial charge is 0.481 e. The van der Waals surface area contributed by atoms with E-state index in [1.807, 2.05) is 24.3 Å². The minimum atomic E-state index is -0.808. The second-order valence-electron chi connectivity index (χ2n) is 8.42. The van der Waals surface area contributed by atoms with Crippen LogP contribution in [0.2, 0.25) is 0 Å². The maximum absolute atomic E-state index is 12.3. The summed E-state index contributed by atoms with van der Waals surface area (Å²) in [5, 5.41) is 19.6. The second kappa shape index (κ2) is 10.4. The number of anilines is 1. The van der Waals surface area contributed by atoms with E-state index in [0.717, 1.165) is 36.9 Å². The molecule has 2 fully saturated rings. The van der Waals surface area contributed by atoms with Crippen LogP contribution in [0.15, 0.2) is 24.3 Å². The molecule has 7 heteroatoms. The molecule has 3 rings (SSSR count). The number of aliphatic carboxylic acids is 1. The molecule has 2 atom stereocenters. The van der Waals surface area contributed by atoms with E-state index < -0.39 is 18.3 Å². The van der Waals surface area contributed by atoms with Crippen molar-refractivity contribution in [2.24, 2.45) is 5.41 Å². The van der Waals surface area contributed by atoms with E-state index in [1.165, 1.54) is 6.42 Å². The average Bonchev–Trinajstić information content (AvgIpc) is 3.07. The molecule has 7 nitrogen and oxygen atoms in total. The number of rotatable bonds is 12. The van der Waals surface area contributed by atoms with Gasteiger partial charge in [0.15, 0.2) is 6.23 Å². The highest BCUT2D eigenvalue weighted by molar-refractivity contribution is 5.96. The summed E-state index contributed by atoms with van der Waals surface area (Å²) in [6.45, 7) is 2.84. The molecule has 1 aromatic carbocycles. The quantitative estimate of drug-likeness (QED) is 0.502. The van der Waals surface area contributed by atoms with Gasteiger partial charge in [-0.25, -0.2) is 0 Å². The van der Waals surface area contributed by atoms with Crippen LogP contribution in [-0.2, 0) is 19.1 Å². The Balaban J connectivity index is 1.57. The number of carbonyl (C=O) groups excluding carboxylic acids is 1. The Morgan fingerprint density at radius 3 is 2.63 bits per heavy atom. The van der Waals surface area contributed by atoms with E-state index in [2.05, 4.69) is 6.92 Å². The summed E-state index contributed by atoms with van der Waals surface area (Å²) < 4.78 is 11.2. The van der Waals surface area contributed by atoms with Crippen molar-refractivity contribution >= 4 is 17.6 Å². The van der Waals surface area contributed by atoms with Crippen LogP contribution in [0, 0.1) is 5.41 Å². The van der Waals surface area contributed by atoms with E-state index in [-0.39, 0.29) is 31.0 Å². The van der Waals surface area contributed by atoms with Gasteiger partial charge in [-0.1, -0.05) is 31.9 Å². The summed E-state index contributed by atoms with van der Waals surface area (Å²) in [4.78, 5) is 24.5. The van der Waals surface area contributed by atoms with E-state index >= 15 is 0 Å². The maximum atomic E-state index is 12.3. The summed E-state index contributed by atoms with van der Waals surface area (Å²) in [7, 11) is 0. The van der Waals surface area contributed by atoms with Gasteiger partial charge in [0.1, 0.15) is 6.61 Å². The molecule has 1 saturated carbocycles. The van der Waals surface area contributed by atoms with Crippen LogP contribution in [0.5, 0.6) is 0 Å². The number of amides is 1. The van der Waals surface area contributed by atoms with Gasteiger partial charge in [0.25, 0.3) is 5.91 Å². The summed E-state index contributed by atoms with van der Waals surface area (Å²) >= 11 is 0. The first-order chi connectivity index (χ1) is 14.5. The van der Waals surface area contributed by atoms with Crippen molar-refractivity contribution < 1.29 is 29.3 Å². The lowest BCUT2D eigenvalue weighted by atomic mass is 9.61. The Morgan fingerprint density at radius 1 is 1.30 bits per heavy atom. The number of ether oxygens (including phenoxy) is 2. The van der Waals surface area contributed by atoms with E-state index in [0.29, 0.717) is 19.4 Å². The molecule has 1 aliphatic heterocycles. The second-order valence-corrected chi connectivity index (χ2v) is 8.42. The fraction of sp³-hybridized carbons (Fsp3) is 0.652. The molecule has 1 aromatic rings. The molecule has 1 amide bonds. The maximum Gasteiger partial charge on any atom is 0.303 e. The van der Waals surface area contributed by atoms with Crippen molar-refractivity contribution in [2.45, 2.75) is 70.6 Å². The highest BCUT2D eigenvalue weighted by Crippen LogP contribution is 2.53. The number of aliphatic hydroxyl groups is 1. The average molecular weight is 420 g/mol. The Morgan fingerprint density at radius 2 is 2.03 bits per heavy atom. The monoisotopic (exact) mass is 419 g/mol. The van der Waals surface area contributed by atoms with Crippen molar-refractivity contribution in [3.05, 3.63) is 29.8 Å². The Bertz CT molecular complexity index is 715. The SMILES string of the molecule is CCCC1(C(O)c2ccc(N3C(=O)COC3COCCCCC(=O)O)cc2)CCC1. The third kappa shape index (κ3) is 5.20. The number of carboxylic acids is 1. The Hall–Kier alpha value is -1.96. The van der Waals surface area contributed by atoms with Crippen LogP contribution in [-0.4, -0.2) is 48.1 Å². The first-order valence-electron chi connectivity index (χ1n) is 11.0. The van der Waals surface area contributed by atoms with E-state index in [9.17, 15) is 14.7 Å².